The summed E-state index contributed by atoms with van der Waals surface area (Å²) in [6, 6.07) is 3.82. The van der Waals surface area contributed by atoms with E-state index in [0.29, 0.717) is 6.42 Å². The zero-order valence-corrected chi connectivity index (χ0v) is 10.3. The molecule has 0 saturated carbocycles. The summed E-state index contributed by atoms with van der Waals surface area (Å²) in [5.41, 5.74) is 6.98. The molecule has 1 heterocycles. The van der Waals surface area contributed by atoms with Crippen LogP contribution < -0.4 is 5.73 Å². The van der Waals surface area contributed by atoms with Crippen molar-refractivity contribution in [1.29, 1.82) is 0 Å². The van der Waals surface area contributed by atoms with Gasteiger partial charge in [0, 0.05) is 24.7 Å². The summed E-state index contributed by atoms with van der Waals surface area (Å²) >= 11 is 0. The summed E-state index contributed by atoms with van der Waals surface area (Å²) in [5, 5.41) is 0. The molecule has 90 valence electrons. The highest BCUT2D eigenvalue weighted by atomic mass is 32.2. The van der Waals surface area contributed by atoms with Crippen LogP contribution in [0.1, 0.15) is 18.4 Å². The maximum absolute atomic E-state index is 10.9. The molecule has 1 aromatic rings. The summed E-state index contributed by atoms with van der Waals surface area (Å²) in [6.45, 7) is 0. The van der Waals surface area contributed by atoms with Crippen LogP contribution in [0.5, 0.6) is 0 Å². The molecule has 0 aromatic carbocycles. The minimum absolute atomic E-state index is 0.0602. The quantitative estimate of drug-likeness (QED) is 0.800. The first-order valence-corrected chi connectivity index (χ1v) is 7.35. The van der Waals surface area contributed by atoms with Crippen molar-refractivity contribution in [1.82, 2.24) is 4.98 Å². The van der Waals surface area contributed by atoms with Gasteiger partial charge in [0.15, 0.2) is 0 Å². The largest absolute Gasteiger partial charge is 0.328 e. The fraction of sp³-hybridized carbons (Fsp3) is 0.545. The van der Waals surface area contributed by atoms with E-state index in [1.807, 2.05) is 18.3 Å². The van der Waals surface area contributed by atoms with Crippen molar-refractivity contribution in [2.24, 2.45) is 5.73 Å². The average Bonchev–Trinajstić information content (AvgIpc) is 2.24. The van der Waals surface area contributed by atoms with Gasteiger partial charge in [-0.15, -0.1) is 0 Å². The number of aryl methyl sites for hydroxylation is 1. The van der Waals surface area contributed by atoms with E-state index in [1.165, 1.54) is 6.26 Å². The van der Waals surface area contributed by atoms with Crippen molar-refractivity contribution in [3.63, 3.8) is 0 Å². The Hall–Kier alpha value is -0.940. The third-order valence-electron chi connectivity index (χ3n) is 2.39. The third kappa shape index (κ3) is 5.82. The Morgan fingerprint density at radius 2 is 2.19 bits per heavy atom. The van der Waals surface area contributed by atoms with Crippen LogP contribution in [0.4, 0.5) is 0 Å². The Labute approximate surface area is 96.8 Å². The molecule has 1 atom stereocenters. The number of hydrogen-bond donors (Lipinski definition) is 1. The minimum atomic E-state index is -2.89. The van der Waals surface area contributed by atoms with Gasteiger partial charge >= 0.3 is 0 Å². The maximum atomic E-state index is 10.9. The van der Waals surface area contributed by atoms with Crippen LogP contribution in [0.25, 0.3) is 0 Å². The molecule has 0 saturated heterocycles. The Kier molecular flexibility index (Phi) is 4.89. The summed E-state index contributed by atoms with van der Waals surface area (Å²) in [6.07, 6.45) is 6.94. The van der Waals surface area contributed by atoms with E-state index in [2.05, 4.69) is 4.98 Å². The Morgan fingerprint density at radius 1 is 1.44 bits per heavy atom. The first kappa shape index (κ1) is 13.1. The van der Waals surface area contributed by atoms with Crippen LogP contribution >= 0.6 is 0 Å². The SMILES string of the molecule is CS(=O)(=O)CCC(N)CCc1cccnc1. The lowest BCUT2D eigenvalue weighted by Crippen LogP contribution is -2.24. The average molecular weight is 242 g/mol. The van der Waals surface area contributed by atoms with E-state index >= 15 is 0 Å². The molecular formula is C11H18N2O2S. The topological polar surface area (TPSA) is 73.0 Å². The molecule has 1 aromatic heterocycles. The first-order chi connectivity index (χ1) is 7.47. The van der Waals surface area contributed by atoms with Crippen LogP contribution in [-0.2, 0) is 16.3 Å². The molecule has 0 aliphatic heterocycles. The van der Waals surface area contributed by atoms with Crippen molar-refractivity contribution in [2.75, 3.05) is 12.0 Å². The molecule has 1 unspecified atom stereocenters. The molecule has 5 heteroatoms. The third-order valence-corrected chi connectivity index (χ3v) is 3.36. The Bertz CT molecular complexity index is 403. The van der Waals surface area contributed by atoms with Crippen molar-refractivity contribution in [3.8, 4) is 0 Å². The van der Waals surface area contributed by atoms with E-state index in [4.69, 9.17) is 5.73 Å². The van der Waals surface area contributed by atoms with Gasteiger partial charge in [-0.1, -0.05) is 6.07 Å². The van der Waals surface area contributed by atoms with Crippen molar-refractivity contribution >= 4 is 9.84 Å². The Morgan fingerprint density at radius 3 is 2.75 bits per heavy atom. The molecule has 1 rings (SSSR count). The molecule has 0 aliphatic carbocycles. The first-order valence-electron chi connectivity index (χ1n) is 5.29. The number of pyridine rings is 1. The summed E-state index contributed by atoms with van der Waals surface area (Å²) in [4.78, 5) is 4.01. The molecule has 0 fully saturated rings. The van der Waals surface area contributed by atoms with Gasteiger partial charge in [-0.2, -0.15) is 0 Å². The summed E-state index contributed by atoms with van der Waals surface area (Å²) in [5.74, 6) is 0.168. The molecule has 4 nitrogen and oxygen atoms in total. The second-order valence-corrected chi connectivity index (χ2v) is 6.34. The van der Waals surface area contributed by atoms with Gasteiger partial charge in [0.2, 0.25) is 0 Å². The molecule has 16 heavy (non-hydrogen) atoms. The lowest BCUT2D eigenvalue weighted by Gasteiger charge is -2.10. The Balaban J connectivity index is 2.28. The van der Waals surface area contributed by atoms with Crippen LogP contribution in [0.3, 0.4) is 0 Å². The minimum Gasteiger partial charge on any atom is -0.328 e. The lowest BCUT2D eigenvalue weighted by molar-refractivity contribution is 0.570. The normalized spacial score (nSPS) is 13.6. The van der Waals surface area contributed by atoms with E-state index < -0.39 is 9.84 Å². The highest BCUT2D eigenvalue weighted by molar-refractivity contribution is 7.90. The van der Waals surface area contributed by atoms with Gasteiger partial charge in [0.1, 0.15) is 9.84 Å². The lowest BCUT2D eigenvalue weighted by atomic mass is 10.1. The van der Waals surface area contributed by atoms with E-state index in [9.17, 15) is 8.42 Å². The van der Waals surface area contributed by atoms with Gasteiger partial charge < -0.3 is 5.73 Å². The second kappa shape index (κ2) is 5.96. The van der Waals surface area contributed by atoms with E-state index in [0.717, 1.165) is 18.4 Å². The van der Waals surface area contributed by atoms with Gasteiger partial charge in [-0.05, 0) is 30.9 Å². The molecule has 0 amide bonds. The maximum Gasteiger partial charge on any atom is 0.147 e. The smallest absolute Gasteiger partial charge is 0.147 e. The van der Waals surface area contributed by atoms with Gasteiger partial charge in [-0.3, -0.25) is 4.98 Å². The fourth-order valence-electron chi connectivity index (χ4n) is 1.41. The highest BCUT2D eigenvalue weighted by Crippen LogP contribution is 2.05. The number of nitrogens with two attached hydrogens (primary N) is 1. The van der Waals surface area contributed by atoms with Gasteiger partial charge in [0.25, 0.3) is 0 Å². The molecule has 0 aliphatic rings. The standard InChI is InChI=1S/C11H18N2O2S/c1-16(14,15)8-6-11(12)5-4-10-3-2-7-13-9-10/h2-3,7,9,11H,4-6,8,12H2,1H3. The van der Waals surface area contributed by atoms with Crippen LogP contribution in [0.2, 0.25) is 0 Å². The van der Waals surface area contributed by atoms with E-state index in [-0.39, 0.29) is 11.8 Å². The summed E-state index contributed by atoms with van der Waals surface area (Å²) < 4.78 is 21.9. The number of hydrogen-bond acceptors (Lipinski definition) is 4. The predicted molar refractivity (Wildman–Crippen MR) is 64.9 cm³/mol. The number of aromatic nitrogens is 1. The van der Waals surface area contributed by atoms with Crippen LogP contribution in [0, 0.1) is 0 Å². The monoisotopic (exact) mass is 242 g/mol. The highest BCUT2D eigenvalue weighted by Gasteiger charge is 2.08. The van der Waals surface area contributed by atoms with Crippen LogP contribution in [0.15, 0.2) is 24.5 Å². The predicted octanol–water partition coefficient (Wildman–Crippen LogP) is 0.776. The number of sulfone groups is 1. The molecule has 0 radical (unpaired) electrons. The van der Waals surface area contributed by atoms with Crippen molar-refractivity contribution < 1.29 is 8.42 Å². The molecular weight excluding hydrogens is 224 g/mol. The summed E-state index contributed by atoms with van der Waals surface area (Å²) in [7, 11) is -2.89. The number of rotatable bonds is 6. The van der Waals surface area contributed by atoms with Crippen LogP contribution in [-0.4, -0.2) is 31.5 Å². The van der Waals surface area contributed by atoms with E-state index in [1.54, 1.807) is 6.20 Å². The van der Waals surface area contributed by atoms with Crippen molar-refractivity contribution in [2.45, 2.75) is 25.3 Å². The second-order valence-electron chi connectivity index (χ2n) is 4.08. The van der Waals surface area contributed by atoms with Gasteiger partial charge in [0.05, 0.1) is 5.75 Å². The van der Waals surface area contributed by atoms with Gasteiger partial charge in [-0.25, -0.2) is 8.42 Å². The fourth-order valence-corrected chi connectivity index (χ4v) is 2.14. The molecule has 0 spiro atoms. The molecule has 2 N–H and O–H groups in total. The number of nitrogens with zero attached hydrogens (tertiary/aromatic N) is 1. The van der Waals surface area contributed by atoms with Crippen molar-refractivity contribution in [3.05, 3.63) is 30.1 Å². The molecule has 0 bridgehead atoms. The zero-order valence-electron chi connectivity index (χ0n) is 9.46. The zero-order chi connectivity index (χ0) is 12.0.